The molecule has 2 rings (SSSR count). The molecule has 0 saturated heterocycles. The molecule has 1 heterocycles. The molecule has 0 bridgehead atoms. The minimum Gasteiger partial charge on any atom is -0.272 e. The fourth-order valence-electron chi connectivity index (χ4n) is 1.45. The molecule has 1 aromatic carbocycles. The van der Waals surface area contributed by atoms with Crippen molar-refractivity contribution in [2.75, 3.05) is 5.75 Å². The van der Waals surface area contributed by atoms with E-state index in [1.165, 1.54) is 11.8 Å². The minimum atomic E-state index is -0.376. The lowest BCUT2D eigenvalue weighted by Crippen LogP contribution is -2.42. The molecular formula is C14H12BrN3O2S. The molecule has 2 aromatic rings. The Morgan fingerprint density at radius 1 is 1.10 bits per heavy atom. The smallest absolute Gasteiger partial charge is 0.270 e. The third-order valence-corrected chi connectivity index (χ3v) is 4.06. The molecule has 0 saturated carbocycles. The van der Waals surface area contributed by atoms with E-state index in [1.54, 1.807) is 24.4 Å². The third-order valence-electron chi connectivity index (χ3n) is 2.42. The van der Waals surface area contributed by atoms with E-state index < -0.39 is 0 Å². The quantitative estimate of drug-likeness (QED) is 0.644. The fraction of sp³-hybridized carbons (Fsp3) is 0.0714. The first-order chi connectivity index (χ1) is 10.2. The van der Waals surface area contributed by atoms with Gasteiger partial charge < -0.3 is 0 Å². The summed E-state index contributed by atoms with van der Waals surface area (Å²) in [6.07, 6.45) is 1.66. The number of aromatic nitrogens is 1. The first-order valence-electron chi connectivity index (χ1n) is 6.04. The maximum absolute atomic E-state index is 11.9. The van der Waals surface area contributed by atoms with Gasteiger partial charge in [0.15, 0.2) is 0 Å². The number of pyridine rings is 1. The molecular weight excluding hydrogens is 354 g/mol. The van der Waals surface area contributed by atoms with Gasteiger partial charge in [-0.1, -0.05) is 30.0 Å². The van der Waals surface area contributed by atoms with Crippen molar-refractivity contribution in [2.24, 2.45) is 0 Å². The monoisotopic (exact) mass is 365 g/mol. The Morgan fingerprint density at radius 2 is 1.86 bits per heavy atom. The maximum atomic E-state index is 11.9. The van der Waals surface area contributed by atoms with Crippen LogP contribution < -0.4 is 10.9 Å². The molecule has 2 amide bonds. The highest BCUT2D eigenvalue weighted by Crippen LogP contribution is 2.15. The van der Waals surface area contributed by atoms with Crippen molar-refractivity contribution in [3.05, 3.63) is 58.7 Å². The standard InChI is InChI=1S/C14H12BrN3O2S/c15-11-6-2-1-5-10(11)14(20)18-17-12(19)9-21-13-7-3-4-8-16-13/h1-8H,9H2,(H,17,19)(H,18,20). The van der Waals surface area contributed by atoms with Crippen LogP contribution in [-0.4, -0.2) is 22.6 Å². The van der Waals surface area contributed by atoms with Crippen LogP contribution in [0.5, 0.6) is 0 Å². The number of hydrazine groups is 1. The van der Waals surface area contributed by atoms with E-state index in [0.29, 0.717) is 10.0 Å². The average molecular weight is 366 g/mol. The van der Waals surface area contributed by atoms with E-state index in [0.717, 1.165) is 5.03 Å². The molecule has 0 aliphatic rings. The van der Waals surface area contributed by atoms with Gasteiger partial charge in [-0.25, -0.2) is 4.98 Å². The summed E-state index contributed by atoms with van der Waals surface area (Å²) in [6, 6.07) is 12.4. The van der Waals surface area contributed by atoms with E-state index in [2.05, 4.69) is 31.8 Å². The molecule has 0 aliphatic carbocycles. The SMILES string of the molecule is O=C(CSc1ccccn1)NNC(=O)c1ccccc1Br. The van der Waals surface area contributed by atoms with Gasteiger partial charge in [0.2, 0.25) is 5.91 Å². The number of nitrogens with one attached hydrogen (secondary N) is 2. The van der Waals surface area contributed by atoms with Gasteiger partial charge in [-0.05, 0) is 40.2 Å². The van der Waals surface area contributed by atoms with Gasteiger partial charge in [-0.2, -0.15) is 0 Å². The van der Waals surface area contributed by atoms with Crippen LogP contribution in [0, 0.1) is 0 Å². The van der Waals surface area contributed by atoms with Crippen LogP contribution in [0.3, 0.4) is 0 Å². The summed E-state index contributed by atoms with van der Waals surface area (Å²) < 4.78 is 0.666. The number of nitrogens with zero attached hydrogens (tertiary/aromatic N) is 1. The van der Waals surface area contributed by atoms with Crippen molar-refractivity contribution in [1.82, 2.24) is 15.8 Å². The molecule has 21 heavy (non-hydrogen) atoms. The zero-order chi connectivity index (χ0) is 15.1. The van der Waals surface area contributed by atoms with E-state index in [1.807, 2.05) is 24.3 Å². The Labute approximate surface area is 134 Å². The third kappa shape index (κ3) is 4.87. The second-order valence-corrected chi connectivity index (χ2v) is 5.79. The molecule has 0 aliphatic heterocycles. The lowest BCUT2D eigenvalue weighted by atomic mass is 10.2. The number of amides is 2. The van der Waals surface area contributed by atoms with Crippen LogP contribution in [-0.2, 0) is 4.79 Å². The summed E-state index contributed by atoms with van der Waals surface area (Å²) in [6.45, 7) is 0. The first-order valence-corrected chi connectivity index (χ1v) is 7.82. The van der Waals surface area contributed by atoms with Crippen molar-refractivity contribution in [3.8, 4) is 0 Å². The Balaban J connectivity index is 1.79. The molecule has 1 aromatic heterocycles. The van der Waals surface area contributed by atoms with E-state index in [4.69, 9.17) is 0 Å². The molecule has 0 unspecified atom stereocenters. The van der Waals surface area contributed by atoms with Crippen LogP contribution in [0.1, 0.15) is 10.4 Å². The van der Waals surface area contributed by atoms with Gasteiger partial charge >= 0.3 is 0 Å². The lowest BCUT2D eigenvalue weighted by molar-refractivity contribution is -0.119. The average Bonchev–Trinajstić information content (AvgIpc) is 2.52. The first kappa shape index (κ1) is 15.5. The van der Waals surface area contributed by atoms with E-state index >= 15 is 0 Å². The Hall–Kier alpha value is -1.86. The molecule has 7 heteroatoms. The number of carbonyl (C=O) groups excluding carboxylic acids is 2. The van der Waals surface area contributed by atoms with E-state index in [9.17, 15) is 9.59 Å². The number of benzene rings is 1. The number of carbonyl (C=O) groups is 2. The second-order valence-electron chi connectivity index (χ2n) is 3.94. The van der Waals surface area contributed by atoms with Crippen molar-refractivity contribution in [3.63, 3.8) is 0 Å². The Bertz CT molecular complexity index is 637. The highest BCUT2D eigenvalue weighted by atomic mass is 79.9. The Morgan fingerprint density at radius 3 is 2.57 bits per heavy atom. The highest BCUT2D eigenvalue weighted by molar-refractivity contribution is 9.10. The van der Waals surface area contributed by atoms with Crippen molar-refractivity contribution in [2.45, 2.75) is 5.03 Å². The zero-order valence-corrected chi connectivity index (χ0v) is 13.3. The van der Waals surface area contributed by atoms with E-state index in [-0.39, 0.29) is 17.6 Å². The Kier molecular flexibility index (Phi) is 5.77. The predicted molar refractivity (Wildman–Crippen MR) is 84.7 cm³/mol. The molecule has 0 atom stereocenters. The zero-order valence-electron chi connectivity index (χ0n) is 10.9. The number of thioether (sulfide) groups is 1. The van der Waals surface area contributed by atoms with Crippen molar-refractivity contribution in [1.29, 1.82) is 0 Å². The summed E-state index contributed by atoms with van der Waals surface area (Å²) in [4.78, 5) is 27.6. The molecule has 108 valence electrons. The van der Waals surface area contributed by atoms with Crippen LogP contribution in [0.15, 0.2) is 58.2 Å². The molecule has 0 spiro atoms. The number of halogens is 1. The van der Waals surface area contributed by atoms with Crippen molar-refractivity contribution < 1.29 is 9.59 Å². The summed E-state index contributed by atoms with van der Waals surface area (Å²) in [5.41, 5.74) is 5.20. The molecule has 0 fully saturated rings. The summed E-state index contributed by atoms with van der Waals surface area (Å²) in [5.74, 6) is -0.502. The van der Waals surface area contributed by atoms with Crippen LogP contribution in [0.25, 0.3) is 0 Å². The van der Waals surface area contributed by atoms with Gasteiger partial charge in [0.25, 0.3) is 5.91 Å². The van der Waals surface area contributed by atoms with Gasteiger partial charge in [-0.15, -0.1) is 0 Å². The fourth-order valence-corrected chi connectivity index (χ4v) is 2.57. The number of hydrogen-bond acceptors (Lipinski definition) is 4. The summed E-state index contributed by atoms with van der Waals surface area (Å²) >= 11 is 4.57. The largest absolute Gasteiger partial charge is 0.272 e. The van der Waals surface area contributed by atoms with Gasteiger partial charge in [0, 0.05) is 10.7 Å². The van der Waals surface area contributed by atoms with Crippen molar-refractivity contribution >= 4 is 39.5 Å². The highest BCUT2D eigenvalue weighted by Gasteiger charge is 2.10. The predicted octanol–water partition coefficient (Wildman–Crippen LogP) is 2.40. The summed E-state index contributed by atoms with van der Waals surface area (Å²) in [7, 11) is 0. The van der Waals surface area contributed by atoms with Gasteiger partial charge in [-0.3, -0.25) is 20.4 Å². The van der Waals surface area contributed by atoms with Crippen LogP contribution in [0.4, 0.5) is 0 Å². The van der Waals surface area contributed by atoms with Gasteiger partial charge in [0.05, 0.1) is 16.3 Å². The minimum absolute atomic E-state index is 0.174. The molecule has 5 nitrogen and oxygen atoms in total. The van der Waals surface area contributed by atoms with Crippen LogP contribution >= 0.6 is 27.7 Å². The second kappa shape index (κ2) is 7.80. The molecule has 2 N–H and O–H groups in total. The number of rotatable bonds is 4. The van der Waals surface area contributed by atoms with Crippen LogP contribution in [0.2, 0.25) is 0 Å². The maximum Gasteiger partial charge on any atom is 0.270 e. The topological polar surface area (TPSA) is 71.1 Å². The number of hydrogen-bond donors (Lipinski definition) is 2. The summed E-state index contributed by atoms with van der Waals surface area (Å²) in [5, 5.41) is 0.754. The molecule has 0 radical (unpaired) electrons. The van der Waals surface area contributed by atoms with Gasteiger partial charge in [0.1, 0.15) is 0 Å². The normalized spacial score (nSPS) is 9.95. The lowest BCUT2D eigenvalue weighted by Gasteiger charge is -2.08.